The standard InChI is InChI=1S/C14H20N8O2/c1-9-4-11(21-14(15-3)20-9)13(24)17-5-10(2)19-12(23)6-22-8-16-7-18-22/h4,7-8,10H,5-6H2,1-3H3,(H,17,24)(H,19,23)(H,15,20,21)/t10-/m0/s1. The quantitative estimate of drug-likeness (QED) is 0.615. The number of carbonyl (C=O) groups is 2. The molecule has 0 saturated carbocycles. The average Bonchev–Trinajstić information content (AvgIpc) is 3.04. The smallest absolute Gasteiger partial charge is 0.270 e. The second-order valence-corrected chi connectivity index (χ2v) is 5.24. The molecule has 128 valence electrons. The minimum Gasteiger partial charge on any atom is -0.357 e. The SMILES string of the molecule is CNc1nc(C)cc(C(=O)NC[C@H](C)NC(=O)Cn2cncn2)n1. The maximum absolute atomic E-state index is 12.1. The van der Waals surface area contributed by atoms with Crippen molar-refractivity contribution in [1.82, 2.24) is 35.4 Å². The van der Waals surface area contributed by atoms with E-state index < -0.39 is 0 Å². The molecule has 0 bridgehead atoms. The molecular weight excluding hydrogens is 312 g/mol. The first-order valence-electron chi connectivity index (χ1n) is 7.41. The molecule has 0 aliphatic heterocycles. The molecule has 0 saturated heterocycles. The molecule has 2 amide bonds. The monoisotopic (exact) mass is 332 g/mol. The first-order valence-corrected chi connectivity index (χ1v) is 7.41. The number of aromatic nitrogens is 5. The second-order valence-electron chi connectivity index (χ2n) is 5.24. The van der Waals surface area contributed by atoms with Gasteiger partial charge in [-0.15, -0.1) is 0 Å². The van der Waals surface area contributed by atoms with Crippen LogP contribution in [0.3, 0.4) is 0 Å². The molecule has 2 aromatic rings. The van der Waals surface area contributed by atoms with Crippen molar-refractivity contribution in [1.29, 1.82) is 0 Å². The van der Waals surface area contributed by atoms with Crippen LogP contribution in [0.15, 0.2) is 18.7 Å². The van der Waals surface area contributed by atoms with Crippen LogP contribution in [-0.2, 0) is 11.3 Å². The molecule has 10 nitrogen and oxygen atoms in total. The fourth-order valence-electron chi connectivity index (χ4n) is 1.97. The predicted molar refractivity (Wildman–Crippen MR) is 86.3 cm³/mol. The lowest BCUT2D eigenvalue weighted by Gasteiger charge is -2.15. The Kier molecular flexibility index (Phi) is 5.77. The van der Waals surface area contributed by atoms with Crippen molar-refractivity contribution >= 4 is 17.8 Å². The Bertz CT molecular complexity index is 701. The lowest BCUT2D eigenvalue weighted by molar-refractivity contribution is -0.122. The van der Waals surface area contributed by atoms with Crippen molar-refractivity contribution in [2.45, 2.75) is 26.4 Å². The summed E-state index contributed by atoms with van der Waals surface area (Å²) < 4.78 is 1.42. The first kappa shape index (κ1) is 17.3. The number of anilines is 1. The fraction of sp³-hybridized carbons (Fsp3) is 0.429. The van der Waals surface area contributed by atoms with E-state index >= 15 is 0 Å². The molecule has 2 heterocycles. The third-order valence-electron chi connectivity index (χ3n) is 3.06. The maximum atomic E-state index is 12.1. The first-order chi connectivity index (χ1) is 11.5. The van der Waals surface area contributed by atoms with Gasteiger partial charge in [0.1, 0.15) is 24.9 Å². The van der Waals surface area contributed by atoms with Crippen LogP contribution < -0.4 is 16.0 Å². The Morgan fingerprint density at radius 3 is 2.79 bits per heavy atom. The molecule has 0 radical (unpaired) electrons. The van der Waals surface area contributed by atoms with Crippen LogP contribution >= 0.6 is 0 Å². The molecule has 2 aromatic heterocycles. The van der Waals surface area contributed by atoms with Crippen molar-refractivity contribution in [2.75, 3.05) is 18.9 Å². The Morgan fingerprint density at radius 2 is 2.12 bits per heavy atom. The van der Waals surface area contributed by atoms with Gasteiger partial charge in [0, 0.05) is 25.3 Å². The summed E-state index contributed by atoms with van der Waals surface area (Å²) in [6.07, 6.45) is 2.82. The van der Waals surface area contributed by atoms with Crippen LogP contribution in [0, 0.1) is 6.92 Å². The summed E-state index contributed by atoms with van der Waals surface area (Å²) in [5.74, 6) is -0.152. The number of amides is 2. The Morgan fingerprint density at radius 1 is 1.33 bits per heavy atom. The summed E-state index contributed by atoms with van der Waals surface area (Å²) in [5.41, 5.74) is 0.960. The van der Waals surface area contributed by atoms with Crippen molar-refractivity contribution < 1.29 is 9.59 Å². The normalized spacial score (nSPS) is 11.6. The van der Waals surface area contributed by atoms with Gasteiger partial charge in [0.25, 0.3) is 5.91 Å². The molecule has 0 aromatic carbocycles. The molecule has 0 aliphatic rings. The zero-order valence-electron chi connectivity index (χ0n) is 13.8. The number of carbonyl (C=O) groups excluding carboxylic acids is 2. The predicted octanol–water partition coefficient (Wildman–Crippen LogP) is -0.647. The molecule has 0 aliphatic carbocycles. The van der Waals surface area contributed by atoms with E-state index in [4.69, 9.17) is 0 Å². The summed E-state index contributed by atoms with van der Waals surface area (Å²) in [5, 5.41) is 12.2. The number of nitrogens with one attached hydrogen (secondary N) is 3. The minimum absolute atomic E-state index is 0.0783. The lowest BCUT2D eigenvalue weighted by atomic mass is 10.3. The third-order valence-corrected chi connectivity index (χ3v) is 3.06. The summed E-state index contributed by atoms with van der Waals surface area (Å²) >= 11 is 0. The van der Waals surface area contributed by atoms with Crippen molar-refractivity contribution in [3.63, 3.8) is 0 Å². The van der Waals surface area contributed by atoms with E-state index in [1.807, 2.05) is 0 Å². The van der Waals surface area contributed by atoms with E-state index in [9.17, 15) is 9.59 Å². The Hall–Kier alpha value is -3.04. The van der Waals surface area contributed by atoms with Gasteiger partial charge in [0.15, 0.2) is 0 Å². The highest BCUT2D eigenvalue weighted by Crippen LogP contribution is 2.04. The number of nitrogens with zero attached hydrogens (tertiary/aromatic N) is 5. The highest BCUT2D eigenvalue weighted by atomic mass is 16.2. The highest BCUT2D eigenvalue weighted by molar-refractivity contribution is 5.92. The zero-order chi connectivity index (χ0) is 17.5. The lowest BCUT2D eigenvalue weighted by Crippen LogP contribution is -2.43. The highest BCUT2D eigenvalue weighted by Gasteiger charge is 2.13. The van der Waals surface area contributed by atoms with Crippen molar-refractivity contribution in [2.24, 2.45) is 0 Å². The average molecular weight is 332 g/mol. The van der Waals surface area contributed by atoms with Crippen LogP contribution in [0.5, 0.6) is 0 Å². The van der Waals surface area contributed by atoms with Crippen molar-refractivity contribution in [3.8, 4) is 0 Å². The van der Waals surface area contributed by atoms with Gasteiger partial charge in [-0.1, -0.05) is 0 Å². The fourth-order valence-corrected chi connectivity index (χ4v) is 1.97. The molecule has 3 N–H and O–H groups in total. The molecular formula is C14H20N8O2. The van der Waals surface area contributed by atoms with Crippen LogP contribution in [0.1, 0.15) is 23.1 Å². The van der Waals surface area contributed by atoms with E-state index in [1.165, 1.54) is 17.3 Å². The van der Waals surface area contributed by atoms with Gasteiger partial charge in [0.05, 0.1) is 0 Å². The largest absolute Gasteiger partial charge is 0.357 e. The van der Waals surface area contributed by atoms with Crippen LogP contribution in [0.2, 0.25) is 0 Å². The van der Waals surface area contributed by atoms with E-state index in [0.717, 1.165) is 0 Å². The van der Waals surface area contributed by atoms with E-state index in [1.54, 1.807) is 27.0 Å². The van der Waals surface area contributed by atoms with Crippen molar-refractivity contribution in [3.05, 3.63) is 30.1 Å². The summed E-state index contributed by atoms with van der Waals surface area (Å²) in [4.78, 5) is 36.0. The van der Waals surface area contributed by atoms with E-state index in [-0.39, 0.29) is 36.6 Å². The van der Waals surface area contributed by atoms with E-state index in [0.29, 0.717) is 11.6 Å². The van der Waals surface area contributed by atoms with Gasteiger partial charge >= 0.3 is 0 Å². The molecule has 1 atom stereocenters. The van der Waals surface area contributed by atoms with Gasteiger partial charge < -0.3 is 16.0 Å². The van der Waals surface area contributed by atoms with Gasteiger partial charge in [0.2, 0.25) is 11.9 Å². The zero-order valence-corrected chi connectivity index (χ0v) is 13.8. The minimum atomic E-state index is -0.325. The number of aryl methyl sites for hydroxylation is 1. The van der Waals surface area contributed by atoms with Gasteiger partial charge in [-0.25, -0.2) is 19.6 Å². The topological polar surface area (TPSA) is 127 Å². The summed E-state index contributed by atoms with van der Waals surface area (Å²) in [6, 6.07) is 1.36. The van der Waals surface area contributed by atoms with Gasteiger partial charge in [-0.3, -0.25) is 9.59 Å². The van der Waals surface area contributed by atoms with Gasteiger partial charge in [-0.2, -0.15) is 5.10 Å². The Balaban J connectivity index is 1.82. The number of rotatable bonds is 7. The number of hydrogen-bond donors (Lipinski definition) is 3. The van der Waals surface area contributed by atoms with Crippen LogP contribution in [0.4, 0.5) is 5.95 Å². The molecule has 24 heavy (non-hydrogen) atoms. The third kappa shape index (κ3) is 5.00. The summed E-state index contributed by atoms with van der Waals surface area (Å²) in [7, 11) is 1.68. The van der Waals surface area contributed by atoms with E-state index in [2.05, 4.69) is 36.0 Å². The Labute approximate surface area is 139 Å². The molecule has 10 heteroatoms. The summed E-state index contributed by atoms with van der Waals surface area (Å²) in [6.45, 7) is 3.94. The second kappa shape index (κ2) is 7.99. The van der Waals surface area contributed by atoms with Crippen LogP contribution in [0.25, 0.3) is 0 Å². The molecule has 2 rings (SSSR count). The van der Waals surface area contributed by atoms with Crippen LogP contribution in [-0.4, -0.2) is 56.2 Å². The van der Waals surface area contributed by atoms with Gasteiger partial charge in [-0.05, 0) is 19.9 Å². The molecule has 0 unspecified atom stereocenters. The molecule has 0 fully saturated rings. The maximum Gasteiger partial charge on any atom is 0.270 e. The number of hydrogen-bond acceptors (Lipinski definition) is 7. The molecule has 0 spiro atoms.